The van der Waals surface area contributed by atoms with E-state index >= 15 is 0 Å². The van der Waals surface area contributed by atoms with Crippen molar-refractivity contribution in [3.63, 3.8) is 0 Å². The molecule has 0 radical (unpaired) electrons. The highest BCUT2D eigenvalue weighted by molar-refractivity contribution is 5.78. The molecular weight excluding hydrogens is 551 g/mol. The summed E-state index contributed by atoms with van der Waals surface area (Å²) < 4.78 is 48.4. The first-order valence-electron chi connectivity index (χ1n) is 13.3. The topological polar surface area (TPSA) is 121 Å². The average molecular weight is 578 g/mol. The van der Waals surface area contributed by atoms with Crippen molar-refractivity contribution in [2.45, 2.75) is 51.4 Å². The van der Waals surface area contributed by atoms with E-state index in [0.717, 1.165) is 24.7 Å². The third-order valence-corrected chi connectivity index (χ3v) is 7.17. The van der Waals surface area contributed by atoms with E-state index in [1.54, 1.807) is 32.2 Å². The van der Waals surface area contributed by atoms with Gasteiger partial charge in [-0.05, 0) is 50.5 Å². The van der Waals surface area contributed by atoms with Crippen molar-refractivity contribution < 1.29 is 23.0 Å². The first kappa shape index (κ1) is 27.4. The number of ether oxygens (including phenoxy) is 1. The van der Waals surface area contributed by atoms with E-state index < -0.39 is 11.9 Å². The van der Waals surface area contributed by atoms with Crippen molar-refractivity contribution in [1.29, 1.82) is 0 Å². The Bertz CT molecular complexity index is 1880. The molecule has 1 aromatic carbocycles. The lowest BCUT2D eigenvalue weighted by Crippen LogP contribution is -2.21. The van der Waals surface area contributed by atoms with Crippen LogP contribution in [0.25, 0.3) is 33.8 Å². The molecule has 0 unspecified atom stereocenters. The number of fused-ring (bicyclic) bond motifs is 1. The molecule has 4 heterocycles. The number of halogens is 3. The van der Waals surface area contributed by atoms with Gasteiger partial charge in [0.25, 0.3) is 5.56 Å². The highest BCUT2D eigenvalue weighted by Crippen LogP contribution is 2.45. The van der Waals surface area contributed by atoms with Crippen molar-refractivity contribution in [3.8, 4) is 34.4 Å². The molecule has 1 fully saturated rings. The Balaban J connectivity index is 1.41. The van der Waals surface area contributed by atoms with Gasteiger partial charge >= 0.3 is 6.18 Å². The number of methoxy groups -OCH3 is 1. The lowest BCUT2D eigenvalue weighted by Gasteiger charge is -2.15. The fraction of sp³-hybridized carbons (Fsp3) is 0.310. The monoisotopic (exact) mass is 577 g/mol. The molecule has 1 aliphatic rings. The second-order valence-electron chi connectivity index (χ2n) is 10.4. The maximum Gasteiger partial charge on any atom is 0.434 e. The molecule has 6 rings (SSSR count). The predicted octanol–water partition coefficient (Wildman–Crippen LogP) is 5.35. The zero-order valence-corrected chi connectivity index (χ0v) is 22.9. The lowest BCUT2D eigenvalue weighted by atomic mass is 10.1. The molecule has 1 N–H and O–H groups in total. The van der Waals surface area contributed by atoms with E-state index in [1.807, 2.05) is 0 Å². The summed E-state index contributed by atoms with van der Waals surface area (Å²) in [4.78, 5) is 34.8. The third-order valence-electron chi connectivity index (χ3n) is 7.17. The molecule has 1 aliphatic carbocycles. The summed E-state index contributed by atoms with van der Waals surface area (Å²) in [6, 6.07) is 7.24. The number of hydrogen-bond donors (Lipinski definition) is 1. The third kappa shape index (κ3) is 4.95. The van der Waals surface area contributed by atoms with Crippen LogP contribution in [0.2, 0.25) is 0 Å². The minimum absolute atomic E-state index is 0.00780. The van der Waals surface area contributed by atoms with Crippen LogP contribution in [-0.2, 0) is 12.7 Å². The fourth-order valence-corrected chi connectivity index (χ4v) is 4.93. The van der Waals surface area contributed by atoms with Gasteiger partial charge in [-0.25, -0.2) is 24.9 Å². The van der Waals surface area contributed by atoms with Crippen LogP contribution in [-0.4, -0.2) is 46.3 Å². The predicted molar refractivity (Wildman–Crippen MR) is 147 cm³/mol. The number of aromatic nitrogens is 7. The highest BCUT2D eigenvalue weighted by atomic mass is 19.4. The van der Waals surface area contributed by atoms with Crippen LogP contribution in [0.5, 0.6) is 11.6 Å². The van der Waals surface area contributed by atoms with Crippen LogP contribution < -0.4 is 10.3 Å². The van der Waals surface area contributed by atoms with Crippen LogP contribution in [0.4, 0.5) is 13.2 Å². The van der Waals surface area contributed by atoms with Crippen LogP contribution in [0.15, 0.2) is 53.8 Å². The fourth-order valence-electron chi connectivity index (χ4n) is 4.93. The SMILES string of the molecule is COc1ncnc(C2CC2)c1-c1ncc2ccc(=O)n(Cc3ccc(-c4nc(C(F)(F)F)cn4C(C)C)c(O)c3)c2n1. The molecule has 42 heavy (non-hydrogen) atoms. The zero-order chi connectivity index (χ0) is 29.8. The number of phenolic OH excluding ortho intramolecular Hbond substituents is 1. The van der Waals surface area contributed by atoms with Crippen LogP contribution in [0.3, 0.4) is 0 Å². The molecule has 1 saturated carbocycles. The summed E-state index contributed by atoms with van der Waals surface area (Å²) in [5.41, 5.74) is 1.02. The number of nitrogens with zero attached hydrogens (tertiary/aromatic N) is 7. The molecule has 0 bridgehead atoms. The average Bonchev–Trinajstić information content (AvgIpc) is 3.70. The van der Waals surface area contributed by atoms with E-state index in [9.17, 15) is 23.1 Å². The number of phenols is 1. The molecule has 216 valence electrons. The van der Waals surface area contributed by atoms with Crippen molar-refractivity contribution in [2.24, 2.45) is 0 Å². The molecule has 4 aromatic heterocycles. The van der Waals surface area contributed by atoms with Gasteiger partial charge < -0.3 is 14.4 Å². The summed E-state index contributed by atoms with van der Waals surface area (Å²) >= 11 is 0. The van der Waals surface area contributed by atoms with E-state index in [2.05, 4.69) is 19.9 Å². The minimum Gasteiger partial charge on any atom is -0.507 e. The van der Waals surface area contributed by atoms with Gasteiger partial charge in [0.15, 0.2) is 11.5 Å². The Morgan fingerprint density at radius 3 is 2.55 bits per heavy atom. The first-order chi connectivity index (χ1) is 20.0. The standard InChI is InChI=1S/C29H26F3N7O3/c1-15(2)38-13-21(29(30,31)32)36-27(38)19-8-4-16(10-20(19)40)12-39-22(41)9-7-18-11-33-25(37-26(18)39)23-24(17-5-6-17)34-14-35-28(23)42-3/h4,7-11,13-15,17,40H,5-6,12H2,1-3H3. The van der Waals surface area contributed by atoms with Gasteiger partial charge in [-0.2, -0.15) is 13.2 Å². The van der Waals surface area contributed by atoms with E-state index in [-0.39, 0.29) is 41.2 Å². The number of imidazole rings is 1. The molecule has 5 aromatic rings. The van der Waals surface area contributed by atoms with Crippen molar-refractivity contribution in [3.05, 3.63) is 76.4 Å². The number of pyridine rings is 1. The largest absolute Gasteiger partial charge is 0.507 e. The van der Waals surface area contributed by atoms with Crippen LogP contribution in [0.1, 0.15) is 55.6 Å². The molecule has 10 nitrogen and oxygen atoms in total. The summed E-state index contributed by atoms with van der Waals surface area (Å²) in [6.45, 7) is 3.49. The van der Waals surface area contributed by atoms with E-state index in [0.29, 0.717) is 33.9 Å². The Morgan fingerprint density at radius 1 is 1.10 bits per heavy atom. The van der Waals surface area contributed by atoms with Gasteiger partial charge in [0.2, 0.25) is 5.88 Å². The van der Waals surface area contributed by atoms with Crippen LogP contribution in [0, 0.1) is 0 Å². The number of rotatable bonds is 7. The number of alkyl halides is 3. The highest BCUT2D eigenvalue weighted by Gasteiger charge is 2.36. The van der Waals surface area contributed by atoms with Gasteiger partial charge in [0.1, 0.15) is 29.1 Å². The lowest BCUT2D eigenvalue weighted by molar-refractivity contribution is -0.140. The normalized spacial score (nSPS) is 13.7. The first-order valence-corrected chi connectivity index (χ1v) is 13.3. The number of hydrogen-bond acceptors (Lipinski definition) is 8. The van der Waals surface area contributed by atoms with Gasteiger partial charge in [0, 0.05) is 35.8 Å². The van der Waals surface area contributed by atoms with Crippen molar-refractivity contribution in [2.75, 3.05) is 7.11 Å². The van der Waals surface area contributed by atoms with Crippen molar-refractivity contribution >= 4 is 11.0 Å². The molecule has 0 spiro atoms. The van der Waals surface area contributed by atoms with Gasteiger partial charge in [0.05, 0.1) is 24.9 Å². The molecular formula is C29H26F3N7O3. The zero-order valence-electron chi connectivity index (χ0n) is 22.9. The summed E-state index contributed by atoms with van der Waals surface area (Å²) in [6.07, 6.45) is 1.33. The summed E-state index contributed by atoms with van der Waals surface area (Å²) in [5.74, 6) is 0.642. The number of benzene rings is 1. The maximum atomic E-state index is 13.4. The van der Waals surface area contributed by atoms with Crippen molar-refractivity contribution in [1.82, 2.24) is 34.1 Å². The smallest absolute Gasteiger partial charge is 0.434 e. The Labute approximate surface area is 237 Å². The quantitative estimate of drug-likeness (QED) is 0.275. The molecule has 0 atom stereocenters. The number of aromatic hydroxyl groups is 1. The van der Waals surface area contributed by atoms with Crippen LogP contribution >= 0.6 is 0 Å². The van der Waals surface area contributed by atoms with Gasteiger partial charge in [-0.3, -0.25) is 9.36 Å². The Hall–Kier alpha value is -4.81. The molecule has 0 saturated heterocycles. The van der Waals surface area contributed by atoms with E-state index in [4.69, 9.17) is 9.72 Å². The molecule has 0 amide bonds. The second kappa shape index (κ2) is 10.2. The van der Waals surface area contributed by atoms with Gasteiger partial charge in [-0.15, -0.1) is 0 Å². The Morgan fingerprint density at radius 2 is 1.88 bits per heavy atom. The van der Waals surface area contributed by atoms with Gasteiger partial charge in [-0.1, -0.05) is 6.07 Å². The second-order valence-corrected chi connectivity index (χ2v) is 10.4. The molecule has 13 heteroatoms. The molecule has 0 aliphatic heterocycles. The summed E-state index contributed by atoms with van der Waals surface area (Å²) in [5, 5.41) is 11.5. The van der Waals surface area contributed by atoms with E-state index in [1.165, 1.54) is 40.8 Å². The minimum atomic E-state index is -4.63. The Kier molecular flexibility index (Phi) is 6.66. The summed E-state index contributed by atoms with van der Waals surface area (Å²) in [7, 11) is 1.51. The maximum absolute atomic E-state index is 13.4.